The summed E-state index contributed by atoms with van der Waals surface area (Å²) < 4.78 is 13.8. The molecule has 1 heterocycles. The SMILES string of the molecule is CC1CN(C(=O)c2ccccc2F)CC(C)N1CCN(C)C. The van der Waals surface area contributed by atoms with Crippen LogP contribution in [-0.4, -0.2) is 73.0 Å². The summed E-state index contributed by atoms with van der Waals surface area (Å²) in [6.45, 7) is 7.53. The van der Waals surface area contributed by atoms with Gasteiger partial charge in [-0.1, -0.05) is 12.1 Å². The standard InChI is InChI=1S/C17H26FN3O/c1-13-11-20(12-14(2)21(13)10-9-19(3)4)17(22)15-7-5-6-8-16(15)18/h5-8,13-14H,9-12H2,1-4H3. The van der Waals surface area contributed by atoms with Gasteiger partial charge in [0.15, 0.2) is 0 Å². The van der Waals surface area contributed by atoms with Crippen molar-refractivity contribution in [1.29, 1.82) is 0 Å². The molecule has 1 aromatic rings. The molecule has 0 aromatic heterocycles. The molecule has 122 valence electrons. The summed E-state index contributed by atoms with van der Waals surface area (Å²) in [6.07, 6.45) is 0. The van der Waals surface area contributed by atoms with Crippen molar-refractivity contribution in [2.24, 2.45) is 0 Å². The van der Waals surface area contributed by atoms with Gasteiger partial charge in [0.05, 0.1) is 5.56 Å². The largest absolute Gasteiger partial charge is 0.335 e. The summed E-state index contributed by atoms with van der Waals surface area (Å²) in [5.41, 5.74) is 0.170. The van der Waals surface area contributed by atoms with Crippen LogP contribution in [0.15, 0.2) is 24.3 Å². The lowest BCUT2D eigenvalue weighted by Crippen LogP contribution is -2.59. The maximum Gasteiger partial charge on any atom is 0.256 e. The molecule has 4 nitrogen and oxygen atoms in total. The third kappa shape index (κ3) is 3.84. The smallest absolute Gasteiger partial charge is 0.256 e. The number of halogens is 1. The van der Waals surface area contributed by atoms with Gasteiger partial charge < -0.3 is 9.80 Å². The van der Waals surface area contributed by atoms with Gasteiger partial charge in [-0.25, -0.2) is 4.39 Å². The van der Waals surface area contributed by atoms with Crippen LogP contribution in [0, 0.1) is 5.82 Å². The predicted molar refractivity (Wildman–Crippen MR) is 86.5 cm³/mol. The third-order valence-corrected chi connectivity index (χ3v) is 4.30. The summed E-state index contributed by atoms with van der Waals surface area (Å²) in [7, 11) is 4.13. The van der Waals surface area contributed by atoms with E-state index >= 15 is 0 Å². The van der Waals surface area contributed by atoms with Crippen molar-refractivity contribution in [2.75, 3.05) is 40.3 Å². The highest BCUT2D eigenvalue weighted by molar-refractivity contribution is 5.94. The molecular weight excluding hydrogens is 281 g/mol. The highest BCUT2D eigenvalue weighted by atomic mass is 19.1. The molecule has 0 saturated carbocycles. The number of likely N-dealkylation sites (N-methyl/N-ethyl adjacent to an activating group) is 1. The van der Waals surface area contributed by atoms with Gasteiger partial charge in [-0.05, 0) is 40.1 Å². The van der Waals surface area contributed by atoms with Crippen LogP contribution >= 0.6 is 0 Å². The molecule has 0 aliphatic carbocycles. The fraction of sp³-hybridized carbons (Fsp3) is 0.588. The molecular formula is C17H26FN3O. The molecule has 1 fully saturated rings. The molecule has 1 aliphatic heterocycles. The fourth-order valence-electron chi connectivity index (χ4n) is 3.08. The molecule has 2 atom stereocenters. The highest BCUT2D eigenvalue weighted by Crippen LogP contribution is 2.19. The molecule has 0 bridgehead atoms. The summed E-state index contributed by atoms with van der Waals surface area (Å²) in [6, 6.07) is 6.77. The van der Waals surface area contributed by atoms with Crippen molar-refractivity contribution in [3.05, 3.63) is 35.6 Å². The molecule has 1 aliphatic rings. The zero-order chi connectivity index (χ0) is 16.3. The summed E-state index contributed by atoms with van der Waals surface area (Å²) in [4.78, 5) is 18.9. The van der Waals surface area contributed by atoms with Gasteiger partial charge in [0.2, 0.25) is 0 Å². The van der Waals surface area contributed by atoms with Crippen LogP contribution in [0.3, 0.4) is 0 Å². The van der Waals surface area contributed by atoms with Crippen LogP contribution < -0.4 is 0 Å². The van der Waals surface area contributed by atoms with Crippen molar-refractivity contribution < 1.29 is 9.18 Å². The lowest BCUT2D eigenvalue weighted by Gasteiger charge is -2.44. The second kappa shape index (κ2) is 7.20. The second-order valence-electron chi connectivity index (χ2n) is 6.43. The van der Waals surface area contributed by atoms with E-state index in [0.717, 1.165) is 13.1 Å². The van der Waals surface area contributed by atoms with E-state index in [1.165, 1.54) is 6.07 Å². The van der Waals surface area contributed by atoms with Gasteiger partial charge in [-0.3, -0.25) is 9.69 Å². The van der Waals surface area contributed by atoms with E-state index < -0.39 is 5.82 Å². The van der Waals surface area contributed by atoms with Gasteiger partial charge in [0.25, 0.3) is 5.91 Å². The quantitative estimate of drug-likeness (QED) is 0.850. The number of carbonyl (C=O) groups excluding carboxylic acids is 1. The van der Waals surface area contributed by atoms with E-state index in [9.17, 15) is 9.18 Å². The Kier molecular flexibility index (Phi) is 5.53. The van der Waals surface area contributed by atoms with Crippen LogP contribution in [0.5, 0.6) is 0 Å². The van der Waals surface area contributed by atoms with E-state index in [2.05, 4.69) is 37.7 Å². The topological polar surface area (TPSA) is 26.8 Å². The van der Waals surface area contributed by atoms with Gasteiger partial charge in [-0.15, -0.1) is 0 Å². The lowest BCUT2D eigenvalue weighted by atomic mass is 10.1. The van der Waals surface area contributed by atoms with Crippen LogP contribution in [0.1, 0.15) is 24.2 Å². The van der Waals surface area contributed by atoms with E-state index in [-0.39, 0.29) is 23.6 Å². The number of benzene rings is 1. The van der Waals surface area contributed by atoms with Crippen molar-refractivity contribution in [3.63, 3.8) is 0 Å². The molecule has 1 amide bonds. The first-order valence-corrected chi connectivity index (χ1v) is 7.84. The molecule has 0 spiro atoms. The van der Waals surface area contributed by atoms with E-state index in [1.54, 1.807) is 23.1 Å². The summed E-state index contributed by atoms with van der Waals surface area (Å²) in [5, 5.41) is 0. The van der Waals surface area contributed by atoms with Crippen molar-refractivity contribution in [1.82, 2.24) is 14.7 Å². The first-order valence-electron chi connectivity index (χ1n) is 7.84. The van der Waals surface area contributed by atoms with Crippen molar-refractivity contribution >= 4 is 5.91 Å². The number of amides is 1. The van der Waals surface area contributed by atoms with Crippen molar-refractivity contribution in [3.8, 4) is 0 Å². The van der Waals surface area contributed by atoms with Crippen molar-refractivity contribution in [2.45, 2.75) is 25.9 Å². The van der Waals surface area contributed by atoms with Gasteiger partial charge in [0.1, 0.15) is 5.82 Å². The fourth-order valence-corrected chi connectivity index (χ4v) is 3.08. The highest BCUT2D eigenvalue weighted by Gasteiger charge is 2.32. The van der Waals surface area contributed by atoms with Crippen LogP contribution in [0.4, 0.5) is 4.39 Å². The summed E-state index contributed by atoms with van der Waals surface area (Å²) >= 11 is 0. The Hall–Kier alpha value is -1.46. The van der Waals surface area contributed by atoms with Crippen LogP contribution in [0.25, 0.3) is 0 Å². The Bertz CT molecular complexity index is 508. The number of rotatable bonds is 4. The number of piperazine rings is 1. The molecule has 22 heavy (non-hydrogen) atoms. The zero-order valence-corrected chi connectivity index (χ0v) is 13.9. The van der Waals surface area contributed by atoms with E-state index in [4.69, 9.17) is 0 Å². The van der Waals surface area contributed by atoms with E-state index in [1.807, 2.05) is 0 Å². The molecule has 1 aromatic carbocycles. The number of hydrogen-bond acceptors (Lipinski definition) is 3. The normalized spacial score (nSPS) is 23.1. The molecule has 0 radical (unpaired) electrons. The first kappa shape index (κ1) is 16.9. The zero-order valence-electron chi connectivity index (χ0n) is 13.9. The number of hydrogen-bond donors (Lipinski definition) is 0. The first-order chi connectivity index (χ1) is 10.4. The van der Waals surface area contributed by atoms with Gasteiger partial charge in [0, 0.05) is 38.3 Å². The molecule has 2 unspecified atom stereocenters. The minimum Gasteiger partial charge on any atom is -0.335 e. The lowest BCUT2D eigenvalue weighted by molar-refractivity contribution is 0.0280. The Morgan fingerprint density at radius 2 is 1.82 bits per heavy atom. The predicted octanol–water partition coefficient (Wildman–Crippen LogP) is 1.92. The van der Waals surface area contributed by atoms with Gasteiger partial charge >= 0.3 is 0 Å². The Morgan fingerprint density at radius 1 is 1.23 bits per heavy atom. The summed E-state index contributed by atoms with van der Waals surface area (Å²) in [5.74, 6) is -0.646. The average Bonchev–Trinajstić information content (AvgIpc) is 2.45. The average molecular weight is 307 g/mol. The molecule has 0 N–H and O–H groups in total. The Labute approximate surface area is 132 Å². The Morgan fingerprint density at radius 3 is 2.36 bits per heavy atom. The molecule has 2 rings (SSSR count). The monoisotopic (exact) mass is 307 g/mol. The molecule has 5 heteroatoms. The van der Waals surface area contributed by atoms with E-state index in [0.29, 0.717) is 13.1 Å². The third-order valence-electron chi connectivity index (χ3n) is 4.30. The minimum absolute atomic E-state index is 0.170. The maximum absolute atomic E-state index is 13.8. The number of nitrogens with zero attached hydrogens (tertiary/aromatic N) is 3. The van der Waals surface area contributed by atoms with Crippen LogP contribution in [-0.2, 0) is 0 Å². The maximum atomic E-state index is 13.8. The minimum atomic E-state index is -0.442. The van der Waals surface area contributed by atoms with Crippen LogP contribution in [0.2, 0.25) is 0 Å². The number of carbonyl (C=O) groups is 1. The molecule has 1 saturated heterocycles. The Balaban J connectivity index is 2.04. The van der Waals surface area contributed by atoms with Gasteiger partial charge in [-0.2, -0.15) is 0 Å². The second-order valence-corrected chi connectivity index (χ2v) is 6.43.